The van der Waals surface area contributed by atoms with Gasteiger partial charge in [0.2, 0.25) is 11.8 Å². The average Bonchev–Trinajstić information content (AvgIpc) is 3.31. The molecule has 2 heterocycles. The zero-order valence-electron chi connectivity index (χ0n) is 17.7. The SMILES string of the molecule is O=C(CN1CCN(C(C(=O)N2CCCC2)c2ccccc2)CC1)Nc1cccc(F)c1. The number of rotatable bonds is 6. The Kier molecular flexibility index (Phi) is 6.94. The molecule has 0 spiro atoms. The molecule has 2 aromatic carbocycles. The van der Waals surface area contributed by atoms with Crippen molar-refractivity contribution in [1.82, 2.24) is 14.7 Å². The predicted molar refractivity (Wildman–Crippen MR) is 118 cm³/mol. The number of hydrogen-bond donors (Lipinski definition) is 1. The highest BCUT2D eigenvalue weighted by molar-refractivity contribution is 5.92. The van der Waals surface area contributed by atoms with E-state index in [0.29, 0.717) is 31.9 Å². The maximum atomic E-state index is 13.3. The van der Waals surface area contributed by atoms with Gasteiger partial charge in [-0.15, -0.1) is 0 Å². The van der Waals surface area contributed by atoms with Crippen molar-refractivity contribution in [2.45, 2.75) is 18.9 Å². The summed E-state index contributed by atoms with van der Waals surface area (Å²) in [5, 5.41) is 2.75. The van der Waals surface area contributed by atoms with Crippen LogP contribution in [0.2, 0.25) is 0 Å². The molecule has 0 bridgehead atoms. The van der Waals surface area contributed by atoms with Crippen molar-refractivity contribution in [2.75, 3.05) is 51.1 Å². The highest BCUT2D eigenvalue weighted by atomic mass is 19.1. The van der Waals surface area contributed by atoms with Crippen molar-refractivity contribution < 1.29 is 14.0 Å². The van der Waals surface area contributed by atoms with Crippen LogP contribution in [0.5, 0.6) is 0 Å². The topological polar surface area (TPSA) is 55.9 Å². The molecular formula is C24H29FN4O2. The largest absolute Gasteiger partial charge is 0.341 e. The van der Waals surface area contributed by atoms with E-state index in [9.17, 15) is 14.0 Å². The highest BCUT2D eigenvalue weighted by Crippen LogP contribution is 2.26. The number of nitrogens with one attached hydrogen (secondary N) is 1. The minimum Gasteiger partial charge on any atom is -0.341 e. The lowest BCUT2D eigenvalue weighted by Crippen LogP contribution is -2.52. The van der Waals surface area contributed by atoms with E-state index in [4.69, 9.17) is 0 Å². The molecule has 1 atom stereocenters. The summed E-state index contributed by atoms with van der Waals surface area (Å²) < 4.78 is 13.3. The summed E-state index contributed by atoms with van der Waals surface area (Å²) in [6.07, 6.45) is 2.14. The number of benzene rings is 2. The zero-order chi connectivity index (χ0) is 21.6. The number of amides is 2. The van der Waals surface area contributed by atoms with E-state index in [2.05, 4.69) is 15.1 Å². The summed E-state index contributed by atoms with van der Waals surface area (Å²) in [4.78, 5) is 32.0. The Labute approximate surface area is 182 Å². The molecule has 2 amide bonds. The van der Waals surface area contributed by atoms with E-state index in [1.165, 1.54) is 12.1 Å². The summed E-state index contributed by atoms with van der Waals surface area (Å²) in [6.45, 7) is 4.75. The second-order valence-electron chi connectivity index (χ2n) is 8.22. The van der Waals surface area contributed by atoms with Crippen molar-refractivity contribution in [3.63, 3.8) is 0 Å². The smallest absolute Gasteiger partial charge is 0.244 e. The number of halogens is 1. The van der Waals surface area contributed by atoms with E-state index in [1.807, 2.05) is 35.2 Å². The summed E-state index contributed by atoms with van der Waals surface area (Å²) in [6, 6.07) is 15.6. The first-order valence-corrected chi connectivity index (χ1v) is 11.0. The molecule has 31 heavy (non-hydrogen) atoms. The zero-order valence-corrected chi connectivity index (χ0v) is 17.7. The van der Waals surface area contributed by atoms with E-state index in [-0.39, 0.29) is 30.2 Å². The van der Waals surface area contributed by atoms with Gasteiger partial charge in [0.1, 0.15) is 11.9 Å². The van der Waals surface area contributed by atoms with Crippen LogP contribution in [0.4, 0.5) is 10.1 Å². The number of anilines is 1. The molecule has 1 N–H and O–H groups in total. The van der Waals surface area contributed by atoms with Gasteiger partial charge in [-0.05, 0) is 36.6 Å². The van der Waals surface area contributed by atoms with Crippen molar-refractivity contribution >= 4 is 17.5 Å². The van der Waals surface area contributed by atoms with Gasteiger partial charge in [0.25, 0.3) is 0 Å². The molecule has 2 aliphatic heterocycles. The van der Waals surface area contributed by atoms with Crippen molar-refractivity contribution in [3.8, 4) is 0 Å². The number of nitrogens with zero attached hydrogens (tertiary/aromatic N) is 3. The Balaban J connectivity index is 1.36. The normalized spacial score (nSPS) is 18.7. The van der Waals surface area contributed by atoms with Crippen LogP contribution in [0.1, 0.15) is 24.4 Å². The van der Waals surface area contributed by atoms with E-state index >= 15 is 0 Å². The van der Waals surface area contributed by atoms with Crippen LogP contribution in [0.25, 0.3) is 0 Å². The Morgan fingerprint density at radius 3 is 2.29 bits per heavy atom. The maximum absolute atomic E-state index is 13.3. The Morgan fingerprint density at radius 1 is 0.903 bits per heavy atom. The van der Waals surface area contributed by atoms with Gasteiger partial charge in [0, 0.05) is 45.0 Å². The monoisotopic (exact) mass is 424 g/mol. The van der Waals surface area contributed by atoms with E-state index < -0.39 is 0 Å². The van der Waals surface area contributed by atoms with Crippen LogP contribution >= 0.6 is 0 Å². The minimum atomic E-state index is -0.374. The molecule has 2 aromatic rings. The van der Waals surface area contributed by atoms with Crippen molar-refractivity contribution in [1.29, 1.82) is 0 Å². The van der Waals surface area contributed by atoms with Crippen LogP contribution in [0, 0.1) is 5.82 Å². The molecule has 6 nitrogen and oxygen atoms in total. The van der Waals surface area contributed by atoms with Gasteiger partial charge in [-0.1, -0.05) is 36.4 Å². The second kappa shape index (κ2) is 10.0. The third-order valence-corrected chi connectivity index (χ3v) is 6.01. The van der Waals surface area contributed by atoms with Crippen LogP contribution in [-0.4, -0.2) is 72.3 Å². The molecule has 2 aliphatic rings. The van der Waals surface area contributed by atoms with Crippen LogP contribution in [-0.2, 0) is 9.59 Å². The van der Waals surface area contributed by atoms with Crippen molar-refractivity contribution in [2.24, 2.45) is 0 Å². The molecule has 2 fully saturated rings. The lowest BCUT2D eigenvalue weighted by atomic mass is 10.0. The van der Waals surface area contributed by atoms with Gasteiger partial charge in [0.15, 0.2) is 0 Å². The van der Waals surface area contributed by atoms with Crippen molar-refractivity contribution in [3.05, 3.63) is 66.0 Å². The third kappa shape index (κ3) is 5.48. The number of carbonyl (C=O) groups excluding carboxylic acids is 2. The fraction of sp³-hybridized carbons (Fsp3) is 0.417. The molecule has 7 heteroatoms. The summed E-state index contributed by atoms with van der Waals surface area (Å²) in [7, 11) is 0. The van der Waals surface area contributed by atoms with Gasteiger partial charge in [-0.3, -0.25) is 19.4 Å². The molecule has 2 saturated heterocycles. The fourth-order valence-electron chi connectivity index (χ4n) is 4.40. The number of piperazine rings is 1. The number of carbonyl (C=O) groups is 2. The number of hydrogen-bond acceptors (Lipinski definition) is 4. The summed E-state index contributed by atoms with van der Waals surface area (Å²) in [5.74, 6) is -0.353. The van der Waals surface area contributed by atoms with Gasteiger partial charge in [-0.25, -0.2) is 4.39 Å². The molecule has 0 aromatic heterocycles. The Hall–Kier alpha value is -2.77. The maximum Gasteiger partial charge on any atom is 0.244 e. The Morgan fingerprint density at radius 2 is 1.61 bits per heavy atom. The molecule has 164 valence electrons. The second-order valence-corrected chi connectivity index (χ2v) is 8.22. The third-order valence-electron chi connectivity index (χ3n) is 6.01. The lowest BCUT2D eigenvalue weighted by molar-refractivity contribution is -0.137. The first-order valence-electron chi connectivity index (χ1n) is 11.0. The van der Waals surface area contributed by atoms with Crippen LogP contribution in [0.3, 0.4) is 0 Å². The molecule has 4 rings (SSSR count). The molecule has 0 radical (unpaired) electrons. The standard InChI is InChI=1S/C24H29FN4O2/c25-20-9-6-10-21(17-20)26-22(30)18-27-13-15-28(16-14-27)23(19-7-2-1-3-8-19)24(31)29-11-4-5-12-29/h1-3,6-10,17,23H,4-5,11-16,18H2,(H,26,30). The predicted octanol–water partition coefficient (Wildman–Crippen LogP) is 2.75. The fourth-order valence-corrected chi connectivity index (χ4v) is 4.40. The first kappa shape index (κ1) is 21.5. The molecular weight excluding hydrogens is 395 g/mol. The minimum absolute atomic E-state index is 0.160. The average molecular weight is 425 g/mol. The highest BCUT2D eigenvalue weighted by Gasteiger charge is 2.34. The lowest BCUT2D eigenvalue weighted by Gasteiger charge is -2.39. The first-order chi connectivity index (χ1) is 15.1. The van der Waals surface area contributed by atoms with Crippen LogP contribution < -0.4 is 5.32 Å². The Bertz CT molecular complexity index is 893. The summed E-state index contributed by atoms with van der Waals surface area (Å²) in [5.41, 5.74) is 1.49. The summed E-state index contributed by atoms with van der Waals surface area (Å²) >= 11 is 0. The van der Waals surface area contributed by atoms with Gasteiger partial charge in [0.05, 0.1) is 6.54 Å². The van der Waals surface area contributed by atoms with E-state index in [0.717, 1.165) is 31.5 Å². The van der Waals surface area contributed by atoms with Gasteiger partial charge < -0.3 is 10.2 Å². The number of likely N-dealkylation sites (tertiary alicyclic amines) is 1. The van der Waals surface area contributed by atoms with Gasteiger partial charge in [-0.2, -0.15) is 0 Å². The quantitative estimate of drug-likeness (QED) is 0.775. The molecule has 0 aliphatic carbocycles. The molecule has 1 unspecified atom stereocenters. The van der Waals surface area contributed by atoms with Crippen LogP contribution in [0.15, 0.2) is 54.6 Å². The van der Waals surface area contributed by atoms with Gasteiger partial charge >= 0.3 is 0 Å². The van der Waals surface area contributed by atoms with E-state index in [1.54, 1.807) is 12.1 Å². The molecule has 0 saturated carbocycles.